The molecule has 1 fully saturated rings. The Morgan fingerprint density at radius 1 is 1.43 bits per heavy atom. The van der Waals surface area contributed by atoms with Gasteiger partial charge in [-0.25, -0.2) is 0 Å². The lowest BCUT2D eigenvalue weighted by Gasteiger charge is -2.38. The Hall–Kier alpha value is -1.85. The van der Waals surface area contributed by atoms with Crippen LogP contribution in [-0.4, -0.2) is 40.2 Å². The van der Waals surface area contributed by atoms with Gasteiger partial charge in [-0.05, 0) is 33.1 Å². The summed E-state index contributed by atoms with van der Waals surface area (Å²) in [6, 6.07) is 0. The van der Waals surface area contributed by atoms with Gasteiger partial charge in [0.25, 0.3) is 0 Å². The highest BCUT2D eigenvalue weighted by Gasteiger charge is 2.40. The molecule has 6 heteroatoms. The quantitative estimate of drug-likeness (QED) is 0.898. The van der Waals surface area contributed by atoms with Gasteiger partial charge in [-0.1, -0.05) is 6.92 Å². The number of carbonyl (C=O) groups is 1. The molecule has 0 aromatic carbocycles. The molecule has 0 aliphatic carbocycles. The Bertz CT molecular complexity index is 497. The van der Waals surface area contributed by atoms with Crippen LogP contribution in [0.2, 0.25) is 0 Å². The molecule has 1 N–H and O–H groups in total. The number of hydrogen-bond acceptors (Lipinski definition) is 5. The third kappa shape index (κ3) is 3.43. The zero-order valence-corrected chi connectivity index (χ0v) is 12.9. The van der Waals surface area contributed by atoms with E-state index in [1.165, 1.54) is 0 Å². The van der Waals surface area contributed by atoms with Crippen LogP contribution in [0, 0.1) is 5.41 Å². The van der Waals surface area contributed by atoms with Gasteiger partial charge in [-0.15, -0.1) is 0 Å². The van der Waals surface area contributed by atoms with Crippen LogP contribution < -0.4 is 9.64 Å². The Morgan fingerprint density at radius 3 is 2.62 bits per heavy atom. The molecule has 21 heavy (non-hydrogen) atoms. The molecular weight excluding hydrogens is 270 g/mol. The van der Waals surface area contributed by atoms with Gasteiger partial charge < -0.3 is 14.7 Å². The maximum absolute atomic E-state index is 11.5. The molecule has 1 aliphatic rings. The van der Waals surface area contributed by atoms with Crippen molar-refractivity contribution >= 4 is 11.8 Å². The van der Waals surface area contributed by atoms with E-state index in [0.717, 1.165) is 5.82 Å². The summed E-state index contributed by atoms with van der Waals surface area (Å²) in [5, 5.41) is 9.42. The van der Waals surface area contributed by atoms with Crippen molar-refractivity contribution in [2.24, 2.45) is 5.41 Å². The van der Waals surface area contributed by atoms with E-state index < -0.39 is 11.4 Å². The fraction of sp³-hybridized carbons (Fsp3) is 0.667. The maximum Gasteiger partial charge on any atom is 0.309 e. The van der Waals surface area contributed by atoms with Crippen molar-refractivity contribution in [3.63, 3.8) is 0 Å². The predicted molar refractivity (Wildman–Crippen MR) is 79.6 cm³/mol. The van der Waals surface area contributed by atoms with E-state index >= 15 is 0 Å². The zero-order chi connectivity index (χ0) is 15.5. The summed E-state index contributed by atoms with van der Waals surface area (Å²) in [6.45, 7) is 7.19. The molecule has 0 amide bonds. The highest BCUT2D eigenvalue weighted by Crippen LogP contribution is 2.36. The van der Waals surface area contributed by atoms with Gasteiger partial charge in [0.1, 0.15) is 0 Å². The first-order chi connectivity index (χ1) is 9.97. The van der Waals surface area contributed by atoms with E-state index in [1.807, 2.05) is 20.8 Å². The normalized spacial score (nSPS) is 17.8. The van der Waals surface area contributed by atoms with Crippen molar-refractivity contribution in [2.75, 3.05) is 18.0 Å². The fourth-order valence-electron chi connectivity index (χ4n) is 2.67. The van der Waals surface area contributed by atoms with Gasteiger partial charge in [0, 0.05) is 13.1 Å². The van der Waals surface area contributed by atoms with Crippen LogP contribution in [-0.2, 0) is 4.79 Å². The second kappa shape index (κ2) is 6.28. The minimum atomic E-state index is -0.687. The minimum Gasteiger partial charge on any atom is -0.481 e. The van der Waals surface area contributed by atoms with E-state index in [2.05, 4.69) is 14.9 Å². The molecule has 1 saturated heterocycles. The Labute approximate surface area is 125 Å². The van der Waals surface area contributed by atoms with Crippen LogP contribution in [0.25, 0.3) is 0 Å². The highest BCUT2D eigenvalue weighted by atomic mass is 16.5. The standard InChI is InChI=1S/C15H23N3O3/c1-4-15(14(19)20)5-7-18(8-6-15)12-9-16-10-13(17-12)21-11(2)3/h9-11H,4-8H2,1-3H3,(H,19,20). The van der Waals surface area contributed by atoms with Crippen LogP contribution in [0.4, 0.5) is 5.82 Å². The summed E-state index contributed by atoms with van der Waals surface area (Å²) in [6.07, 6.45) is 5.29. The Kier molecular flexibility index (Phi) is 4.65. The molecule has 0 unspecified atom stereocenters. The number of aliphatic carboxylic acids is 1. The number of nitrogens with zero attached hydrogens (tertiary/aromatic N) is 3. The molecule has 0 radical (unpaired) electrons. The van der Waals surface area contributed by atoms with Crippen LogP contribution in [0.1, 0.15) is 40.0 Å². The molecule has 6 nitrogen and oxygen atoms in total. The van der Waals surface area contributed by atoms with E-state index in [4.69, 9.17) is 4.74 Å². The number of rotatable bonds is 5. The van der Waals surface area contributed by atoms with Crippen molar-refractivity contribution in [3.8, 4) is 5.88 Å². The molecule has 1 aromatic rings. The third-order valence-corrected chi connectivity index (χ3v) is 4.13. The van der Waals surface area contributed by atoms with Gasteiger partial charge in [0.15, 0.2) is 5.82 Å². The van der Waals surface area contributed by atoms with Gasteiger partial charge in [-0.3, -0.25) is 9.78 Å². The van der Waals surface area contributed by atoms with E-state index in [-0.39, 0.29) is 6.10 Å². The highest BCUT2D eigenvalue weighted by molar-refractivity contribution is 5.75. The molecule has 1 aromatic heterocycles. The van der Waals surface area contributed by atoms with Gasteiger partial charge in [0.2, 0.25) is 5.88 Å². The van der Waals surface area contributed by atoms with Crippen molar-refractivity contribution in [2.45, 2.75) is 46.1 Å². The lowest BCUT2D eigenvalue weighted by molar-refractivity contribution is -0.150. The Morgan fingerprint density at radius 2 is 2.10 bits per heavy atom. The molecule has 0 bridgehead atoms. The molecule has 1 aliphatic heterocycles. The zero-order valence-electron chi connectivity index (χ0n) is 12.9. The average molecular weight is 293 g/mol. The first-order valence-corrected chi connectivity index (χ1v) is 7.44. The van der Waals surface area contributed by atoms with Crippen LogP contribution >= 0.6 is 0 Å². The number of anilines is 1. The smallest absolute Gasteiger partial charge is 0.309 e. The summed E-state index contributed by atoms with van der Waals surface area (Å²) in [7, 11) is 0. The second-order valence-electron chi connectivity index (χ2n) is 5.81. The van der Waals surface area contributed by atoms with Gasteiger partial charge in [0.05, 0.1) is 23.9 Å². The largest absolute Gasteiger partial charge is 0.481 e. The Balaban J connectivity index is 2.07. The van der Waals surface area contributed by atoms with Crippen LogP contribution in [0.3, 0.4) is 0 Å². The number of ether oxygens (including phenoxy) is 1. The average Bonchev–Trinajstić information content (AvgIpc) is 2.46. The topological polar surface area (TPSA) is 75.5 Å². The molecule has 116 valence electrons. The number of hydrogen-bond donors (Lipinski definition) is 1. The number of carboxylic acid groups (broad SMARTS) is 1. The van der Waals surface area contributed by atoms with Gasteiger partial charge >= 0.3 is 5.97 Å². The summed E-state index contributed by atoms with van der Waals surface area (Å²) >= 11 is 0. The van der Waals surface area contributed by atoms with Crippen LogP contribution in [0.15, 0.2) is 12.4 Å². The van der Waals surface area contributed by atoms with Crippen LogP contribution in [0.5, 0.6) is 5.88 Å². The second-order valence-corrected chi connectivity index (χ2v) is 5.81. The molecule has 2 heterocycles. The van der Waals surface area contributed by atoms with Crippen molar-refractivity contribution in [1.29, 1.82) is 0 Å². The number of piperidine rings is 1. The molecule has 0 spiro atoms. The fourth-order valence-corrected chi connectivity index (χ4v) is 2.67. The van der Waals surface area contributed by atoms with E-state index in [0.29, 0.717) is 38.2 Å². The number of aromatic nitrogens is 2. The van der Waals surface area contributed by atoms with Crippen molar-refractivity contribution in [3.05, 3.63) is 12.4 Å². The van der Waals surface area contributed by atoms with Gasteiger partial charge in [-0.2, -0.15) is 4.98 Å². The molecule has 0 saturated carbocycles. The predicted octanol–water partition coefficient (Wildman–Crippen LogP) is 2.34. The summed E-state index contributed by atoms with van der Waals surface area (Å²) in [5.41, 5.74) is -0.587. The van der Waals surface area contributed by atoms with E-state index in [1.54, 1.807) is 12.4 Å². The lowest BCUT2D eigenvalue weighted by Crippen LogP contribution is -2.44. The SMILES string of the molecule is CCC1(C(=O)O)CCN(c2cncc(OC(C)C)n2)CC1. The minimum absolute atomic E-state index is 0.0515. The first kappa shape index (κ1) is 15.5. The number of carboxylic acids is 1. The monoisotopic (exact) mass is 293 g/mol. The third-order valence-electron chi connectivity index (χ3n) is 4.13. The molecule has 2 rings (SSSR count). The van der Waals surface area contributed by atoms with Crippen molar-refractivity contribution < 1.29 is 14.6 Å². The molecule has 0 atom stereocenters. The van der Waals surface area contributed by atoms with E-state index in [9.17, 15) is 9.90 Å². The first-order valence-electron chi connectivity index (χ1n) is 7.44. The summed E-state index contributed by atoms with van der Waals surface area (Å²) in [5.74, 6) is 0.573. The summed E-state index contributed by atoms with van der Waals surface area (Å²) < 4.78 is 5.55. The maximum atomic E-state index is 11.5. The summed E-state index contributed by atoms with van der Waals surface area (Å²) in [4.78, 5) is 22.1. The molecular formula is C15H23N3O3. The lowest BCUT2D eigenvalue weighted by atomic mass is 9.76. The van der Waals surface area contributed by atoms with Crippen molar-refractivity contribution in [1.82, 2.24) is 9.97 Å².